The number of nitrogens with zero attached hydrogens (tertiary/aromatic N) is 1. The van der Waals surface area contributed by atoms with Gasteiger partial charge in [0, 0.05) is 48.1 Å². The lowest BCUT2D eigenvalue weighted by atomic mass is 10.1. The summed E-state index contributed by atoms with van der Waals surface area (Å²) in [6, 6.07) is 8.59. The zero-order valence-electron chi connectivity index (χ0n) is 14.1. The summed E-state index contributed by atoms with van der Waals surface area (Å²) in [6.45, 7) is 4.53. The van der Waals surface area contributed by atoms with Crippen molar-refractivity contribution in [2.24, 2.45) is 5.92 Å². The third kappa shape index (κ3) is 2.48. The molecule has 1 aromatic carbocycles. The Morgan fingerprint density at radius 2 is 2.04 bits per heavy atom. The second-order valence-electron chi connectivity index (χ2n) is 7.28. The van der Waals surface area contributed by atoms with Crippen LogP contribution < -0.4 is 5.32 Å². The molecule has 0 spiro atoms. The number of nitrogens with one attached hydrogen (secondary N) is 2. The smallest absolute Gasteiger partial charge is 0.225 e. The number of hydrogen-bond donors (Lipinski definition) is 2. The lowest BCUT2D eigenvalue weighted by Gasteiger charge is -2.21. The largest absolute Gasteiger partial charge is 0.358 e. The molecule has 5 heteroatoms. The van der Waals surface area contributed by atoms with Crippen molar-refractivity contribution in [1.29, 1.82) is 0 Å². The Labute approximate surface area is 141 Å². The van der Waals surface area contributed by atoms with E-state index in [9.17, 15) is 9.59 Å². The van der Waals surface area contributed by atoms with Gasteiger partial charge in [0.25, 0.3) is 0 Å². The van der Waals surface area contributed by atoms with Crippen LogP contribution in [0, 0.1) is 5.92 Å². The fourth-order valence-electron chi connectivity index (χ4n) is 4.06. The van der Waals surface area contributed by atoms with Crippen molar-refractivity contribution in [2.75, 3.05) is 6.54 Å². The normalized spacial score (nSPS) is 23.3. The molecule has 24 heavy (non-hydrogen) atoms. The highest BCUT2D eigenvalue weighted by atomic mass is 16.2. The maximum absolute atomic E-state index is 12.6. The zero-order chi connectivity index (χ0) is 16.8. The standard InChI is InChI=1S/C19H23N3O2/c1-11(2)22-10-12(7-18(22)23)19(24)20-13-8-15-14-5-3-4-6-16(14)21-17(15)9-13/h3-6,11-13,21H,7-10H2,1-2H3,(H,20,24). The molecule has 2 unspecified atom stereocenters. The number of H-pyrrole nitrogens is 1. The summed E-state index contributed by atoms with van der Waals surface area (Å²) in [5, 5.41) is 4.42. The number of rotatable bonds is 3. The van der Waals surface area contributed by atoms with Crippen molar-refractivity contribution >= 4 is 22.7 Å². The fraction of sp³-hybridized carbons (Fsp3) is 0.474. The van der Waals surface area contributed by atoms with Gasteiger partial charge >= 0.3 is 0 Å². The Morgan fingerprint density at radius 3 is 2.79 bits per heavy atom. The molecule has 4 rings (SSSR count). The van der Waals surface area contributed by atoms with Gasteiger partial charge in [-0.25, -0.2) is 0 Å². The summed E-state index contributed by atoms with van der Waals surface area (Å²) < 4.78 is 0. The average molecular weight is 325 g/mol. The second kappa shape index (κ2) is 5.65. The molecular formula is C19H23N3O2. The maximum atomic E-state index is 12.6. The minimum absolute atomic E-state index is 0.0194. The Balaban J connectivity index is 1.42. The van der Waals surface area contributed by atoms with Crippen LogP contribution in [0.15, 0.2) is 24.3 Å². The quantitative estimate of drug-likeness (QED) is 0.906. The summed E-state index contributed by atoms with van der Waals surface area (Å²) in [5.41, 5.74) is 3.72. The zero-order valence-corrected chi connectivity index (χ0v) is 14.1. The van der Waals surface area contributed by atoms with Gasteiger partial charge in [0.15, 0.2) is 0 Å². The highest BCUT2D eigenvalue weighted by Gasteiger charge is 2.37. The number of aromatic amines is 1. The average Bonchev–Trinajstić information content (AvgIpc) is 3.19. The van der Waals surface area contributed by atoms with Gasteiger partial charge in [0.2, 0.25) is 11.8 Å². The van der Waals surface area contributed by atoms with E-state index >= 15 is 0 Å². The molecule has 1 fully saturated rings. The predicted octanol–water partition coefficient (Wildman–Crippen LogP) is 2.01. The van der Waals surface area contributed by atoms with Crippen LogP contribution in [0.5, 0.6) is 0 Å². The molecular weight excluding hydrogens is 302 g/mol. The highest BCUT2D eigenvalue weighted by molar-refractivity contribution is 5.90. The van der Waals surface area contributed by atoms with Crippen LogP contribution in [0.1, 0.15) is 31.5 Å². The molecule has 5 nitrogen and oxygen atoms in total. The lowest BCUT2D eigenvalue weighted by molar-refractivity contribution is -0.130. The second-order valence-corrected chi connectivity index (χ2v) is 7.28. The number of likely N-dealkylation sites (tertiary alicyclic amines) is 1. The molecule has 2 N–H and O–H groups in total. The monoisotopic (exact) mass is 325 g/mol. The number of para-hydroxylation sites is 1. The van der Waals surface area contributed by atoms with Gasteiger partial charge in [0.1, 0.15) is 0 Å². The molecule has 1 aromatic heterocycles. The van der Waals surface area contributed by atoms with Crippen LogP contribution in [0.3, 0.4) is 0 Å². The van der Waals surface area contributed by atoms with E-state index in [1.807, 2.05) is 26.0 Å². The van der Waals surface area contributed by atoms with E-state index in [1.165, 1.54) is 22.2 Å². The highest BCUT2D eigenvalue weighted by Crippen LogP contribution is 2.30. The fourth-order valence-corrected chi connectivity index (χ4v) is 4.06. The number of benzene rings is 1. The molecule has 2 heterocycles. The van der Waals surface area contributed by atoms with Crippen molar-refractivity contribution in [3.05, 3.63) is 35.5 Å². The minimum atomic E-state index is -0.212. The van der Waals surface area contributed by atoms with E-state index in [-0.39, 0.29) is 29.8 Å². The van der Waals surface area contributed by atoms with E-state index in [1.54, 1.807) is 4.90 Å². The summed E-state index contributed by atoms with van der Waals surface area (Å²) in [4.78, 5) is 29.8. The number of carbonyl (C=O) groups is 2. The first-order chi connectivity index (χ1) is 11.5. The first-order valence-electron chi connectivity index (χ1n) is 8.71. The van der Waals surface area contributed by atoms with E-state index in [2.05, 4.69) is 22.4 Å². The molecule has 1 aliphatic carbocycles. The summed E-state index contributed by atoms with van der Waals surface area (Å²) in [6.07, 6.45) is 2.04. The number of fused-ring (bicyclic) bond motifs is 3. The van der Waals surface area contributed by atoms with Crippen molar-refractivity contribution < 1.29 is 9.59 Å². The van der Waals surface area contributed by atoms with Gasteiger partial charge in [-0.3, -0.25) is 9.59 Å². The molecule has 2 amide bonds. The predicted molar refractivity (Wildman–Crippen MR) is 92.6 cm³/mol. The SMILES string of the molecule is CC(C)N1CC(C(=O)NC2Cc3[nH]c4ccccc4c3C2)CC1=O. The van der Waals surface area contributed by atoms with E-state index in [4.69, 9.17) is 0 Å². The summed E-state index contributed by atoms with van der Waals surface area (Å²) >= 11 is 0. The summed E-state index contributed by atoms with van der Waals surface area (Å²) in [7, 11) is 0. The minimum Gasteiger partial charge on any atom is -0.358 e. The third-order valence-electron chi connectivity index (χ3n) is 5.30. The number of hydrogen-bond acceptors (Lipinski definition) is 2. The van der Waals surface area contributed by atoms with Crippen LogP contribution in [-0.4, -0.2) is 40.3 Å². The topological polar surface area (TPSA) is 65.2 Å². The van der Waals surface area contributed by atoms with Gasteiger partial charge in [-0.2, -0.15) is 0 Å². The van der Waals surface area contributed by atoms with Crippen molar-refractivity contribution in [3.8, 4) is 0 Å². The van der Waals surface area contributed by atoms with Crippen LogP contribution in [0.4, 0.5) is 0 Å². The van der Waals surface area contributed by atoms with Gasteiger partial charge in [0.05, 0.1) is 5.92 Å². The maximum Gasteiger partial charge on any atom is 0.225 e. The third-order valence-corrected chi connectivity index (χ3v) is 5.30. The van der Waals surface area contributed by atoms with Crippen LogP contribution in [0.2, 0.25) is 0 Å². The van der Waals surface area contributed by atoms with Gasteiger partial charge in [-0.05, 0) is 31.9 Å². The molecule has 0 bridgehead atoms. The molecule has 2 aromatic rings. The van der Waals surface area contributed by atoms with E-state index in [0.29, 0.717) is 13.0 Å². The Hall–Kier alpha value is -2.30. The van der Waals surface area contributed by atoms with Crippen LogP contribution >= 0.6 is 0 Å². The van der Waals surface area contributed by atoms with Crippen LogP contribution in [0.25, 0.3) is 10.9 Å². The van der Waals surface area contributed by atoms with Gasteiger partial charge in [-0.1, -0.05) is 18.2 Å². The molecule has 1 aliphatic heterocycles. The molecule has 0 saturated carbocycles. The van der Waals surface area contributed by atoms with E-state index < -0.39 is 0 Å². The Kier molecular flexibility index (Phi) is 3.59. The Bertz CT molecular complexity index is 808. The number of amides is 2. The number of aromatic nitrogens is 1. The van der Waals surface area contributed by atoms with Gasteiger partial charge in [-0.15, -0.1) is 0 Å². The van der Waals surface area contributed by atoms with E-state index in [0.717, 1.165) is 12.8 Å². The van der Waals surface area contributed by atoms with Crippen molar-refractivity contribution in [1.82, 2.24) is 15.2 Å². The molecule has 1 saturated heterocycles. The lowest BCUT2D eigenvalue weighted by Crippen LogP contribution is -2.41. The molecule has 0 radical (unpaired) electrons. The van der Waals surface area contributed by atoms with Crippen LogP contribution in [-0.2, 0) is 22.4 Å². The van der Waals surface area contributed by atoms with Gasteiger partial charge < -0.3 is 15.2 Å². The Morgan fingerprint density at radius 1 is 1.25 bits per heavy atom. The molecule has 126 valence electrons. The number of carbonyl (C=O) groups excluding carboxylic acids is 2. The first-order valence-corrected chi connectivity index (χ1v) is 8.71. The first kappa shape index (κ1) is 15.2. The molecule has 2 aliphatic rings. The molecule has 2 atom stereocenters. The van der Waals surface area contributed by atoms with Crippen molar-refractivity contribution in [3.63, 3.8) is 0 Å². The van der Waals surface area contributed by atoms with Crippen molar-refractivity contribution in [2.45, 2.75) is 45.2 Å². The summed E-state index contributed by atoms with van der Waals surface area (Å²) in [5.74, 6) is -0.102.